The minimum atomic E-state index is 0.860. The van der Waals surface area contributed by atoms with Gasteiger partial charge in [-0.05, 0) is 36.0 Å². The predicted molar refractivity (Wildman–Crippen MR) is 80.3 cm³/mol. The molecule has 0 rings (SSSR count). The van der Waals surface area contributed by atoms with Gasteiger partial charge in [0.05, 0.1) is 0 Å². The second kappa shape index (κ2) is 9.00. The molecule has 0 aromatic rings. The molecule has 0 heterocycles. The molecule has 0 fully saturated rings. The van der Waals surface area contributed by atoms with Crippen LogP contribution in [0.25, 0.3) is 0 Å². The lowest BCUT2D eigenvalue weighted by atomic mass is 9.83. The van der Waals surface area contributed by atoms with Crippen molar-refractivity contribution in [3.8, 4) is 0 Å². The SMILES string of the molecule is CC(C)CCC(C)C(C)CCC(C)CC(C)C. The molecule has 0 saturated carbocycles. The van der Waals surface area contributed by atoms with Crippen molar-refractivity contribution < 1.29 is 0 Å². The standard InChI is InChI=1S/C17H36/c1-13(2)8-10-16(6)17(7)11-9-15(5)12-14(3)4/h13-17H,8-12H2,1-7H3. The van der Waals surface area contributed by atoms with Crippen molar-refractivity contribution in [1.29, 1.82) is 0 Å². The zero-order valence-corrected chi connectivity index (χ0v) is 13.4. The van der Waals surface area contributed by atoms with E-state index in [0.29, 0.717) is 0 Å². The van der Waals surface area contributed by atoms with E-state index >= 15 is 0 Å². The first-order valence-corrected chi connectivity index (χ1v) is 7.82. The highest BCUT2D eigenvalue weighted by Gasteiger charge is 2.14. The lowest BCUT2D eigenvalue weighted by Crippen LogP contribution is -2.11. The van der Waals surface area contributed by atoms with E-state index in [1.165, 1.54) is 32.1 Å². The molecule has 17 heavy (non-hydrogen) atoms. The van der Waals surface area contributed by atoms with E-state index in [4.69, 9.17) is 0 Å². The van der Waals surface area contributed by atoms with E-state index in [1.54, 1.807) is 0 Å². The van der Waals surface area contributed by atoms with Crippen molar-refractivity contribution in [1.82, 2.24) is 0 Å². The molecule has 0 amide bonds. The summed E-state index contributed by atoms with van der Waals surface area (Å²) in [7, 11) is 0. The third-order valence-electron chi connectivity index (χ3n) is 4.16. The third kappa shape index (κ3) is 9.68. The van der Waals surface area contributed by atoms with Crippen LogP contribution in [0, 0.1) is 29.6 Å². The molecule has 0 aromatic heterocycles. The summed E-state index contributed by atoms with van der Waals surface area (Å²) in [5, 5.41) is 0. The molecule has 3 atom stereocenters. The molecule has 0 aliphatic heterocycles. The van der Waals surface area contributed by atoms with E-state index < -0.39 is 0 Å². The van der Waals surface area contributed by atoms with Crippen LogP contribution in [0.4, 0.5) is 0 Å². The monoisotopic (exact) mass is 240 g/mol. The first-order valence-electron chi connectivity index (χ1n) is 7.82. The molecule has 0 radical (unpaired) electrons. The summed E-state index contributed by atoms with van der Waals surface area (Å²) in [5.41, 5.74) is 0. The van der Waals surface area contributed by atoms with E-state index in [2.05, 4.69) is 48.5 Å². The fourth-order valence-electron chi connectivity index (χ4n) is 2.64. The average molecular weight is 240 g/mol. The van der Waals surface area contributed by atoms with Gasteiger partial charge >= 0.3 is 0 Å². The lowest BCUT2D eigenvalue weighted by molar-refractivity contribution is 0.289. The van der Waals surface area contributed by atoms with Crippen LogP contribution < -0.4 is 0 Å². The maximum absolute atomic E-state index is 2.45. The molecule has 0 aliphatic rings. The van der Waals surface area contributed by atoms with Crippen LogP contribution in [-0.4, -0.2) is 0 Å². The number of hydrogen-bond donors (Lipinski definition) is 0. The number of rotatable bonds is 9. The Morgan fingerprint density at radius 3 is 1.41 bits per heavy atom. The van der Waals surface area contributed by atoms with Gasteiger partial charge in [-0.25, -0.2) is 0 Å². The fourth-order valence-corrected chi connectivity index (χ4v) is 2.64. The summed E-state index contributed by atoms with van der Waals surface area (Å²) in [6.45, 7) is 16.7. The maximum Gasteiger partial charge on any atom is -0.0417 e. The van der Waals surface area contributed by atoms with Crippen molar-refractivity contribution in [2.75, 3.05) is 0 Å². The summed E-state index contributed by atoms with van der Waals surface area (Å²) in [4.78, 5) is 0. The van der Waals surface area contributed by atoms with Crippen LogP contribution in [-0.2, 0) is 0 Å². The summed E-state index contributed by atoms with van der Waals surface area (Å²) < 4.78 is 0. The summed E-state index contributed by atoms with van der Waals surface area (Å²) >= 11 is 0. The molecule has 0 spiro atoms. The minimum absolute atomic E-state index is 0.860. The van der Waals surface area contributed by atoms with Gasteiger partial charge in [-0.15, -0.1) is 0 Å². The van der Waals surface area contributed by atoms with Crippen molar-refractivity contribution >= 4 is 0 Å². The van der Waals surface area contributed by atoms with Crippen molar-refractivity contribution in [3.63, 3.8) is 0 Å². The van der Waals surface area contributed by atoms with Gasteiger partial charge in [0.2, 0.25) is 0 Å². The van der Waals surface area contributed by atoms with E-state index in [0.717, 1.165) is 29.6 Å². The highest BCUT2D eigenvalue weighted by Crippen LogP contribution is 2.26. The van der Waals surface area contributed by atoms with Crippen molar-refractivity contribution in [2.45, 2.75) is 80.6 Å². The topological polar surface area (TPSA) is 0 Å². The van der Waals surface area contributed by atoms with Gasteiger partial charge in [0.1, 0.15) is 0 Å². The average Bonchev–Trinajstić information content (AvgIpc) is 2.21. The zero-order valence-electron chi connectivity index (χ0n) is 13.4. The van der Waals surface area contributed by atoms with Crippen LogP contribution in [0.1, 0.15) is 80.6 Å². The summed E-state index contributed by atoms with van der Waals surface area (Å²) in [6, 6.07) is 0. The van der Waals surface area contributed by atoms with Gasteiger partial charge in [0, 0.05) is 0 Å². The number of hydrogen-bond acceptors (Lipinski definition) is 0. The van der Waals surface area contributed by atoms with Crippen LogP contribution >= 0.6 is 0 Å². The Labute approximate surface area is 111 Å². The maximum atomic E-state index is 2.45. The molecule has 0 bridgehead atoms. The molecule has 0 aromatic carbocycles. The van der Waals surface area contributed by atoms with Crippen LogP contribution in [0.3, 0.4) is 0 Å². The highest BCUT2D eigenvalue weighted by atomic mass is 14.2. The predicted octanol–water partition coefficient (Wildman–Crippen LogP) is 6.16. The van der Waals surface area contributed by atoms with E-state index in [-0.39, 0.29) is 0 Å². The Balaban J connectivity index is 3.72. The van der Waals surface area contributed by atoms with Crippen LogP contribution in [0.2, 0.25) is 0 Å². The lowest BCUT2D eigenvalue weighted by Gasteiger charge is -2.23. The first-order chi connectivity index (χ1) is 7.82. The molecule has 3 unspecified atom stereocenters. The van der Waals surface area contributed by atoms with Gasteiger partial charge in [-0.3, -0.25) is 0 Å². The normalized spacial score (nSPS) is 17.5. The smallest absolute Gasteiger partial charge is 0.0417 e. The Morgan fingerprint density at radius 1 is 0.529 bits per heavy atom. The molecule has 0 saturated heterocycles. The fraction of sp³-hybridized carbons (Fsp3) is 1.00. The van der Waals surface area contributed by atoms with Gasteiger partial charge in [-0.2, -0.15) is 0 Å². The Kier molecular flexibility index (Phi) is 9.00. The minimum Gasteiger partial charge on any atom is -0.0628 e. The quantitative estimate of drug-likeness (QED) is 0.453. The summed E-state index contributed by atoms with van der Waals surface area (Å²) in [5.74, 6) is 4.45. The second-order valence-corrected chi connectivity index (χ2v) is 7.24. The third-order valence-corrected chi connectivity index (χ3v) is 4.16. The van der Waals surface area contributed by atoms with Gasteiger partial charge < -0.3 is 0 Å². The Bertz CT molecular complexity index is 169. The van der Waals surface area contributed by atoms with Crippen LogP contribution in [0.15, 0.2) is 0 Å². The van der Waals surface area contributed by atoms with E-state index in [1.807, 2.05) is 0 Å². The highest BCUT2D eigenvalue weighted by molar-refractivity contribution is 4.66. The summed E-state index contributed by atoms with van der Waals surface area (Å²) in [6.07, 6.45) is 7.05. The molecular formula is C17H36. The Hall–Kier alpha value is 0. The largest absolute Gasteiger partial charge is 0.0628 e. The Morgan fingerprint density at radius 2 is 1.00 bits per heavy atom. The second-order valence-electron chi connectivity index (χ2n) is 7.24. The van der Waals surface area contributed by atoms with E-state index in [9.17, 15) is 0 Å². The molecule has 0 heteroatoms. The molecule has 0 N–H and O–H groups in total. The van der Waals surface area contributed by atoms with Gasteiger partial charge in [-0.1, -0.05) is 74.1 Å². The van der Waals surface area contributed by atoms with Gasteiger partial charge in [0.15, 0.2) is 0 Å². The van der Waals surface area contributed by atoms with Crippen molar-refractivity contribution in [3.05, 3.63) is 0 Å². The zero-order chi connectivity index (χ0) is 13.4. The van der Waals surface area contributed by atoms with Crippen molar-refractivity contribution in [2.24, 2.45) is 29.6 Å². The van der Waals surface area contributed by atoms with Gasteiger partial charge in [0.25, 0.3) is 0 Å². The molecular weight excluding hydrogens is 204 g/mol. The molecule has 104 valence electrons. The van der Waals surface area contributed by atoms with Crippen LogP contribution in [0.5, 0.6) is 0 Å². The molecule has 0 aliphatic carbocycles. The first kappa shape index (κ1) is 17.0. The molecule has 0 nitrogen and oxygen atoms in total.